The van der Waals surface area contributed by atoms with Crippen molar-refractivity contribution in [1.82, 2.24) is 10.6 Å². The van der Waals surface area contributed by atoms with E-state index in [4.69, 9.17) is 4.42 Å². The van der Waals surface area contributed by atoms with Gasteiger partial charge >= 0.3 is 0 Å². The Bertz CT molecular complexity index is 784. The summed E-state index contributed by atoms with van der Waals surface area (Å²) in [5, 5.41) is 17.3. The quantitative estimate of drug-likeness (QED) is 0.308. The zero-order valence-corrected chi connectivity index (χ0v) is 20.0. The van der Waals surface area contributed by atoms with Gasteiger partial charge in [-0.1, -0.05) is 12.1 Å². The fourth-order valence-corrected chi connectivity index (χ4v) is 2.96. The lowest BCUT2D eigenvalue weighted by Crippen LogP contribution is -2.44. The van der Waals surface area contributed by atoms with Crippen LogP contribution in [0.1, 0.15) is 36.5 Å². The van der Waals surface area contributed by atoms with E-state index in [0.29, 0.717) is 19.0 Å². The van der Waals surface area contributed by atoms with Crippen LogP contribution in [0, 0.1) is 13.8 Å². The molecule has 1 aromatic carbocycles. The number of aliphatic hydroxyl groups is 1. The number of hydrogen-bond donors (Lipinski definition) is 3. The number of guanidine groups is 1. The number of halogens is 1. The fraction of sp³-hybridized carbons (Fsp3) is 0.476. The van der Waals surface area contributed by atoms with Gasteiger partial charge in [0.25, 0.3) is 0 Å². The molecule has 0 bridgehead atoms. The highest BCUT2D eigenvalue weighted by atomic mass is 127. The van der Waals surface area contributed by atoms with Gasteiger partial charge in [0, 0.05) is 31.9 Å². The summed E-state index contributed by atoms with van der Waals surface area (Å²) in [5.41, 5.74) is 2.02. The molecule has 28 heavy (non-hydrogen) atoms. The van der Waals surface area contributed by atoms with E-state index in [9.17, 15) is 5.11 Å². The van der Waals surface area contributed by atoms with Crippen LogP contribution < -0.4 is 15.5 Å². The van der Waals surface area contributed by atoms with Gasteiger partial charge in [0.1, 0.15) is 17.1 Å². The molecule has 0 saturated carbocycles. The van der Waals surface area contributed by atoms with Crippen molar-refractivity contribution < 1.29 is 9.52 Å². The third-order valence-electron chi connectivity index (χ3n) is 4.41. The SMILES string of the molecule is CCNC(=NCc1cccc(N(C)C)c1)NCC(C)(O)c1cc(C)oc1C.I. The van der Waals surface area contributed by atoms with Gasteiger partial charge in [-0.05, 0) is 51.5 Å². The second-order valence-electron chi connectivity index (χ2n) is 7.21. The van der Waals surface area contributed by atoms with E-state index in [1.807, 2.05) is 47.0 Å². The largest absolute Gasteiger partial charge is 0.466 e. The van der Waals surface area contributed by atoms with Crippen molar-refractivity contribution in [2.45, 2.75) is 39.8 Å². The standard InChI is InChI=1S/C21H32N4O2.HI/c1-7-22-20(23-13-17-9-8-10-18(12-17)25(5)6)24-14-21(4,26)19-11-15(2)27-16(19)3;/h8-12,26H,7,13-14H2,1-6H3,(H2,22,23,24);1H. The number of rotatable bonds is 7. The number of nitrogens with zero attached hydrogens (tertiary/aromatic N) is 2. The van der Waals surface area contributed by atoms with Crippen LogP contribution in [0.5, 0.6) is 0 Å². The summed E-state index contributed by atoms with van der Waals surface area (Å²) in [6, 6.07) is 10.2. The van der Waals surface area contributed by atoms with E-state index in [1.54, 1.807) is 6.92 Å². The lowest BCUT2D eigenvalue weighted by atomic mass is 9.96. The molecule has 0 amide bonds. The molecule has 2 rings (SSSR count). The summed E-state index contributed by atoms with van der Waals surface area (Å²) in [5.74, 6) is 2.21. The number of nitrogens with one attached hydrogen (secondary N) is 2. The molecular weight excluding hydrogens is 467 g/mol. The highest BCUT2D eigenvalue weighted by molar-refractivity contribution is 14.0. The van der Waals surface area contributed by atoms with Crippen molar-refractivity contribution in [3.8, 4) is 0 Å². The maximum absolute atomic E-state index is 10.9. The molecule has 0 aliphatic rings. The summed E-state index contributed by atoms with van der Waals surface area (Å²) in [4.78, 5) is 6.72. The van der Waals surface area contributed by atoms with Crippen LogP contribution in [-0.4, -0.2) is 38.3 Å². The second kappa shape index (κ2) is 10.7. The first-order valence-electron chi connectivity index (χ1n) is 9.31. The normalized spacial score (nSPS) is 13.5. The molecule has 1 aromatic heterocycles. The van der Waals surface area contributed by atoms with E-state index >= 15 is 0 Å². The second-order valence-corrected chi connectivity index (χ2v) is 7.21. The zero-order valence-electron chi connectivity index (χ0n) is 17.7. The first-order chi connectivity index (χ1) is 12.7. The molecule has 3 N–H and O–H groups in total. The Hall–Kier alpha value is -1.74. The Balaban J connectivity index is 0.00000392. The van der Waals surface area contributed by atoms with Gasteiger partial charge in [0.15, 0.2) is 5.96 Å². The van der Waals surface area contributed by atoms with Gasteiger partial charge in [0.2, 0.25) is 0 Å². The Morgan fingerprint density at radius 1 is 1.21 bits per heavy atom. The number of benzene rings is 1. The summed E-state index contributed by atoms with van der Waals surface area (Å²) >= 11 is 0. The number of aryl methyl sites for hydroxylation is 2. The third kappa shape index (κ3) is 6.70. The number of aliphatic imine (C=N–C) groups is 1. The molecule has 156 valence electrons. The number of hydrogen-bond acceptors (Lipinski definition) is 4. The monoisotopic (exact) mass is 500 g/mol. The zero-order chi connectivity index (χ0) is 20.0. The molecule has 0 aliphatic carbocycles. The molecule has 1 heterocycles. The Labute approximate surface area is 185 Å². The predicted molar refractivity (Wildman–Crippen MR) is 127 cm³/mol. The van der Waals surface area contributed by atoms with Crippen LogP contribution in [0.25, 0.3) is 0 Å². The molecule has 0 saturated heterocycles. The molecule has 7 heteroatoms. The third-order valence-corrected chi connectivity index (χ3v) is 4.41. The summed E-state index contributed by atoms with van der Waals surface area (Å²) in [7, 11) is 4.05. The molecular formula is C21H33IN4O2. The summed E-state index contributed by atoms with van der Waals surface area (Å²) in [6.45, 7) is 9.18. The average Bonchev–Trinajstić information content (AvgIpc) is 2.97. The van der Waals surface area contributed by atoms with E-state index in [0.717, 1.165) is 34.9 Å². The van der Waals surface area contributed by atoms with Crippen LogP contribution in [0.4, 0.5) is 5.69 Å². The lowest BCUT2D eigenvalue weighted by Gasteiger charge is -2.24. The topological polar surface area (TPSA) is 73.0 Å². The van der Waals surface area contributed by atoms with E-state index in [-0.39, 0.29) is 24.0 Å². The lowest BCUT2D eigenvalue weighted by molar-refractivity contribution is 0.0601. The predicted octanol–water partition coefficient (Wildman–Crippen LogP) is 3.54. The summed E-state index contributed by atoms with van der Waals surface area (Å²) < 4.78 is 5.55. The Morgan fingerprint density at radius 2 is 1.93 bits per heavy atom. The van der Waals surface area contributed by atoms with Crippen LogP contribution >= 0.6 is 24.0 Å². The minimum Gasteiger partial charge on any atom is -0.466 e. The molecule has 1 unspecified atom stereocenters. The average molecular weight is 500 g/mol. The first kappa shape index (κ1) is 24.3. The van der Waals surface area contributed by atoms with E-state index in [1.165, 1.54) is 0 Å². The van der Waals surface area contributed by atoms with Gasteiger partial charge in [0.05, 0.1) is 13.1 Å². The summed E-state index contributed by atoms with van der Waals surface area (Å²) in [6.07, 6.45) is 0. The molecule has 0 spiro atoms. The fourth-order valence-electron chi connectivity index (χ4n) is 2.96. The molecule has 0 fully saturated rings. The Morgan fingerprint density at radius 3 is 2.50 bits per heavy atom. The van der Waals surface area contributed by atoms with E-state index < -0.39 is 5.60 Å². The minimum atomic E-state index is -1.05. The van der Waals surface area contributed by atoms with Crippen molar-refractivity contribution in [3.05, 3.63) is 53.0 Å². The van der Waals surface area contributed by atoms with Crippen molar-refractivity contribution >= 4 is 35.6 Å². The molecule has 1 atom stereocenters. The highest BCUT2D eigenvalue weighted by Crippen LogP contribution is 2.26. The van der Waals surface area contributed by atoms with E-state index in [2.05, 4.69) is 38.7 Å². The maximum atomic E-state index is 10.9. The van der Waals surface area contributed by atoms with Crippen LogP contribution in [0.2, 0.25) is 0 Å². The van der Waals surface area contributed by atoms with Crippen molar-refractivity contribution in [3.63, 3.8) is 0 Å². The first-order valence-corrected chi connectivity index (χ1v) is 9.31. The van der Waals surface area contributed by atoms with Gasteiger partial charge < -0.3 is 25.1 Å². The molecule has 0 aliphatic heterocycles. The van der Waals surface area contributed by atoms with Crippen LogP contribution in [0.3, 0.4) is 0 Å². The van der Waals surface area contributed by atoms with Gasteiger partial charge in [-0.15, -0.1) is 24.0 Å². The van der Waals surface area contributed by atoms with Crippen molar-refractivity contribution in [1.29, 1.82) is 0 Å². The van der Waals surface area contributed by atoms with Gasteiger partial charge in [-0.2, -0.15) is 0 Å². The number of anilines is 1. The highest BCUT2D eigenvalue weighted by Gasteiger charge is 2.27. The van der Waals surface area contributed by atoms with Crippen LogP contribution in [-0.2, 0) is 12.1 Å². The molecule has 2 aromatic rings. The minimum absolute atomic E-state index is 0. The molecule has 0 radical (unpaired) electrons. The van der Waals surface area contributed by atoms with Crippen molar-refractivity contribution in [2.24, 2.45) is 4.99 Å². The van der Waals surface area contributed by atoms with Gasteiger partial charge in [-0.3, -0.25) is 0 Å². The van der Waals surface area contributed by atoms with Crippen molar-refractivity contribution in [2.75, 3.05) is 32.1 Å². The number of furan rings is 1. The maximum Gasteiger partial charge on any atom is 0.191 e. The Kier molecular flexibility index (Phi) is 9.29. The molecule has 6 nitrogen and oxygen atoms in total. The smallest absolute Gasteiger partial charge is 0.191 e. The van der Waals surface area contributed by atoms with Gasteiger partial charge in [-0.25, -0.2) is 4.99 Å². The van der Waals surface area contributed by atoms with Crippen LogP contribution in [0.15, 0.2) is 39.7 Å².